The average molecular weight is 535 g/mol. The summed E-state index contributed by atoms with van der Waals surface area (Å²) in [6.07, 6.45) is 0.357. The Balaban J connectivity index is 2.14. The van der Waals surface area contributed by atoms with Crippen molar-refractivity contribution in [2.75, 3.05) is 24.3 Å². The van der Waals surface area contributed by atoms with Crippen molar-refractivity contribution in [2.24, 2.45) is 11.7 Å². The molecule has 189 valence electrons. The van der Waals surface area contributed by atoms with E-state index >= 15 is 0 Å². The lowest BCUT2D eigenvalue weighted by molar-refractivity contribution is -0.119. The third-order valence-corrected chi connectivity index (χ3v) is 7.92. The number of hydrogen-bond donors (Lipinski definition) is 5. The molecule has 1 aliphatic heterocycles. The molecular weight excluding hydrogens is 514 g/mol. The molecule has 2 amide bonds. The quantitative estimate of drug-likeness (QED) is 0.305. The van der Waals surface area contributed by atoms with Gasteiger partial charge >= 0.3 is 5.97 Å². The number of anilines is 1. The summed E-state index contributed by atoms with van der Waals surface area (Å²) in [5.41, 5.74) is 3.59. The summed E-state index contributed by atoms with van der Waals surface area (Å²) in [6, 6.07) is 6.86. The van der Waals surface area contributed by atoms with Gasteiger partial charge < -0.3 is 31.0 Å². The smallest absolute Gasteiger partial charge is 0.352 e. The number of sulfone groups is 1. The fourth-order valence-corrected chi connectivity index (χ4v) is 5.52. The second-order valence-electron chi connectivity index (χ2n) is 8.12. The second-order valence-corrected chi connectivity index (χ2v) is 10.8. The summed E-state index contributed by atoms with van der Waals surface area (Å²) >= 11 is 6.13. The summed E-state index contributed by atoms with van der Waals surface area (Å²) in [5.74, 6) is -5.30. The van der Waals surface area contributed by atoms with Crippen molar-refractivity contribution in [3.05, 3.63) is 40.5 Å². The molecule has 1 saturated heterocycles. The Kier molecular flexibility index (Phi) is 6.69. The second kappa shape index (κ2) is 9.45. The van der Waals surface area contributed by atoms with Crippen LogP contribution in [0, 0.1) is 12.0 Å². The Bertz CT molecular complexity index is 1520. The first-order valence-electron chi connectivity index (χ1n) is 10.7. The van der Waals surface area contributed by atoms with Gasteiger partial charge in [-0.2, -0.15) is 0 Å². The van der Waals surface area contributed by atoms with E-state index in [2.05, 4.69) is 16.4 Å². The molecule has 1 aromatic heterocycles. The first-order valence-corrected chi connectivity index (χ1v) is 12.8. The van der Waals surface area contributed by atoms with E-state index in [0.29, 0.717) is 18.5 Å². The molecule has 36 heavy (non-hydrogen) atoms. The zero-order valence-electron chi connectivity index (χ0n) is 18.8. The highest BCUT2D eigenvalue weighted by atomic mass is 35.5. The standard InChI is InChI=1S/C23H21ClN3O8S/c1-2-36(33,34)20-13(16-12-7-11(24)3-4-14(12)26-19(16)23(31)32)8-15(28)17(21(25)29)18(20)27-22(30)10-5-6-35-9-10/h3-4,7,10,26,28H,2,5-6,9H2,1H3,(H2,25,29)(H,27,30)(H,31,32). The van der Waals surface area contributed by atoms with Crippen molar-refractivity contribution in [3.63, 3.8) is 0 Å². The third kappa shape index (κ3) is 4.38. The number of aromatic hydroxyl groups is 1. The van der Waals surface area contributed by atoms with Gasteiger partial charge in [0.05, 0.1) is 24.0 Å². The van der Waals surface area contributed by atoms with E-state index in [4.69, 9.17) is 22.1 Å². The van der Waals surface area contributed by atoms with E-state index < -0.39 is 66.9 Å². The molecule has 0 bridgehead atoms. The Morgan fingerprint density at radius 3 is 2.64 bits per heavy atom. The van der Waals surface area contributed by atoms with Gasteiger partial charge in [0, 0.05) is 39.7 Å². The Hall–Kier alpha value is -3.61. The molecule has 11 nitrogen and oxygen atoms in total. The van der Waals surface area contributed by atoms with Gasteiger partial charge in [0.15, 0.2) is 9.84 Å². The van der Waals surface area contributed by atoms with Crippen LogP contribution in [0.3, 0.4) is 0 Å². The fourth-order valence-electron chi connectivity index (χ4n) is 4.14. The van der Waals surface area contributed by atoms with E-state index in [1.807, 2.05) is 0 Å². The maximum absolute atomic E-state index is 13.4. The molecule has 3 aromatic rings. The van der Waals surface area contributed by atoms with Gasteiger partial charge in [-0.15, -0.1) is 0 Å². The number of primary amides is 1. The number of carboxylic acid groups (broad SMARTS) is 1. The third-order valence-electron chi connectivity index (χ3n) is 5.89. The van der Waals surface area contributed by atoms with Gasteiger partial charge in [-0.25, -0.2) is 13.2 Å². The normalized spacial score (nSPS) is 15.8. The topological polar surface area (TPSA) is 189 Å². The van der Waals surface area contributed by atoms with Gasteiger partial charge in [0.1, 0.15) is 21.9 Å². The predicted molar refractivity (Wildman–Crippen MR) is 130 cm³/mol. The number of phenols is 1. The molecule has 2 heterocycles. The van der Waals surface area contributed by atoms with Crippen molar-refractivity contribution in [1.29, 1.82) is 0 Å². The molecule has 13 heteroatoms. The van der Waals surface area contributed by atoms with E-state index in [0.717, 1.165) is 0 Å². The summed E-state index contributed by atoms with van der Waals surface area (Å²) in [6.45, 7) is 1.73. The maximum atomic E-state index is 13.4. The van der Waals surface area contributed by atoms with Crippen molar-refractivity contribution in [2.45, 2.75) is 18.2 Å². The van der Waals surface area contributed by atoms with Crippen LogP contribution >= 0.6 is 11.6 Å². The minimum absolute atomic E-state index is 0.0789. The zero-order chi connectivity index (χ0) is 26.4. The van der Waals surface area contributed by atoms with Crippen LogP contribution in [0.4, 0.5) is 5.69 Å². The van der Waals surface area contributed by atoms with Gasteiger partial charge in [0.2, 0.25) is 5.91 Å². The molecule has 4 rings (SSSR count). The molecule has 1 atom stereocenters. The van der Waals surface area contributed by atoms with Crippen LogP contribution in [-0.2, 0) is 19.4 Å². The highest BCUT2D eigenvalue weighted by molar-refractivity contribution is 7.91. The monoisotopic (exact) mass is 534 g/mol. The number of carbonyl (C=O) groups is 3. The number of rotatable bonds is 7. The lowest BCUT2D eigenvalue weighted by Gasteiger charge is -2.20. The van der Waals surface area contributed by atoms with E-state index in [1.165, 1.54) is 25.1 Å². The molecule has 0 saturated carbocycles. The lowest BCUT2D eigenvalue weighted by Crippen LogP contribution is -2.27. The number of aromatic carboxylic acids is 1. The molecule has 2 aromatic carbocycles. The molecule has 6 N–H and O–H groups in total. The first-order chi connectivity index (χ1) is 17.0. The number of nitrogens with two attached hydrogens (primary N) is 1. The number of benzene rings is 2. The van der Waals surface area contributed by atoms with Crippen LogP contribution in [0.15, 0.2) is 23.1 Å². The van der Waals surface area contributed by atoms with Crippen molar-refractivity contribution in [3.8, 4) is 16.9 Å². The van der Waals surface area contributed by atoms with Gasteiger partial charge in [-0.1, -0.05) is 18.5 Å². The number of ether oxygens (including phenoxy) is 1. The first kappa shape index (κ1) is 25.5. The number of amides is 2. The molecule has 0 aliphatic carbocycles. The molecule has 0 spiro atoms. The van der Waals surface area contributed by atoms with Crippen molar-refractivity contribution < 1.29 is 37.8 Å². The molecular formula is C23H21ClN3O8S. The van der Waals surface area contributed by atoms with Gasteiger partial charge in [-0.3, -0.25) is 9.59 Å². The van der Waals surface area contributed by atoms with E-state index in [-0.39, 0.29) is 28.1 Å². The number of halogens is 1. The Labute approximate surface area is 210 Å². The van der Waals surface area contributed by atoms with Crippen LogP contribution in [0.1, 0.15) is 34.2 Å². The van der Waals surface area contributed by atoms with Crippen molar-refractivity contribution >= 4 is 55.8 Å². The van der Waals surface area contributed by atoms with E-state index in [9.17, 15) is 33.0 Å². The van der Waals surface area contributed by atoms with Crippen molar-refractivity contribution in [1.82, 2.24) is 4.98 Å². The number of hydrogen-bond acceptors (Lipinski definition) is 7. The van der Waals surface area contributed by atoms with Gasteiger partial charge in [0.25, 0.3) is 5.91 Å². The van der Waals surface area contributed by atoms with Crippen LogP contribution in [-0.4, -0.2) is 60.4 Å². The lowest BCUT2D eigenvalue weighted by atomic mass is 9.97. The Morgan fingerprint density at radius 2 is 2.06 bits per heavy atom. The fraction of sp³-hybridized carbons (Fsp3) is 0.261. The molecule has 1 radical (unpaired) electrons. The molecule has 1 fully saturated rings. The minimum Gasteiger partial charge on any atom is -0.506 e. The zero-order valence-corrected chi connectivity index (χ0v) is 20.4. The average Bonchev–Trinajstić information content (AvgIpc) is 3.46. The van der Waals surface area contributed by atoms with Crippen LogP contribution in [0.2, 0.25) is 5.02 Å². The van der Waals surface area contributed by atoms with E-state index in [1.54, 1.807) is 0 Å². The highest BCUT2D eigenvalue weighted by Gasteiger charge is 2.35. The predicted octanol–water partition coefficient (Wildman–Crippen LogP) is 2.56. The number of aromatic amines is 1. The number of carboxylic acids is 1. The molecule has 1 unspecified atom stereocenters. The highest BCUT2D eigenvalue weighted by Crippen LogP contribution is 2.45. The summed E-state index contributed by atoms with van der Waals surface area (Å²) in [4.78, 5) is 39.5. The molecule has 1 aliphatic rings. The number of nitrogens with one attached hydrogen (secondary N) is 2. The number of aromatic nitrogens is 1. The Morgan fingerprint density at radius 1 is 1.33 bits per heavy atom. The summed E-state index contributed by atoms with van der Waals surface area (Å²) in [7, 11) is -4.28. The number of H-pyrrole nitrogens is 1. The summed E-state index contributed by atoms with van der Waals surface area (Å²) in [5, 5.41) is 23.5. The maximum Gasteiger partial charge on any atom is 0.352 e. The van der Waals surface area contributed by atoms with Crippen LogP contribution in [0.25, 0.3) is 22.0 Å². The van der Waals surface area contributed by atoms with Crippen LogP contribution < -0.4 is 11.1 Å². The number of carbonyl (C=O) groups excluding carboxylic acids is 2. The SMILES string of the molecule is CCS(=O)(=O)c1c(-c2c(C(=O)O)[nH]c3ccc(Cl)cc23)[c]c(O)c(C(N)=O)c1NC(=O)C1CCOC1. The summed E-state index contributed by atoms with van der Waals surface area (Å²) < 4.78 is 32.0. The van der Waals surface area contributed by atoms with Gasteiger partial charge in [-0.05, 0) is 24.6 Å². The van der Waals surface area contributed by atoms with Crippen LogP contribution in [0.5, 0.6) is 5.75 Å². The largest absolute Gasteiger partial charge is 0.506 e. The number of fused-ring (bicyclic) bond motifs is 1. The minimum atomic E-state index is -4.28.